The molecule has 1 aromatic rings. The van der Waals surface area contributed by atoms with Crippen LogP contribution in [0, 0.1) is 0 Å². The van der Waals surface area contributed by atoms with Crippen molar-refractivity contribution in [3.63, 3.8) is 0 Å². The summed E-state index contributed by atoms with van der Waals surface area (Å²) in [5.41, 5.74) is -0.0844. The van der Waals surface area contributed by atoms with Crippen molar-refractivity contribution in [3.05, 3.63) is 10.3 Å². The molecule has 0 aliphatic carbocycles. The standard InChI is InChI=1S/C13H19BrN4O3/c1-8-7-21-6-5-18(8)9(2)15-10-11(13(19)20-4)17(3)16-12(10)14/h8H,5-7H2,1-4H3/t8-/m1/s1/i3D3. The lowest BCUT2D eigenvalue weighted by molar-refractivity contribution is 0.0330. The summed E-state index contributed by atoms with van der Waals surface area (Å²) in [6.07, 6.45) is 0. The van der Waals surface area contributed by atoms with E-state index in [4.69, 9.17) is 13.6 Å². The Kier molecular flexibility index (Phi) is 3.81. The van der Waals surface area contributed by atoms with Crippen LogP contribution in [0.15, 0.2) is 9.60 Å². The lowest BCUT2D eigenvalue weighted by atomic mass is 10.2. The average molecular weight is 362 g/mol. The van der Waals surface area contributed by atoms with Crippen LogP contribution < -0.4 is 0 Å². The molecule has 0 N–H and O–H groups in total. The number of methoxy groups -OCH3 is 1. The highest BCUT2D eigenvalue weighted by atomic mass is 79.9. The fraction of sp³-hybridized carbons (Fsp3) is 0.615. The molecule has 1 aliphatic heterocycles. The molecule has 0 aromatic carbocycles. The van der Waals surface area contributed by atoms with Gasteiger partial charge < -0.3 is 14.4 Å². The summed E-state index contributed by atoms with van der Waals surface area (Å²) in [6, 6.07) is 0.125. The average Bonchev–Trinajstić information content (AvgIpc) is 2.84. The predicted octanol–water partition coefficient (Wildman–Crippen LogP) is 1.74. The molecule has 1 fully saturated rings. The van der Waals surface area contributed by atoms with Gasteiger partial charge in [-0.1, -0.05) is 0 Å². The zero-order valence-electron chi connectivity index (χ0n) is 15.1. The molecule has 0 amide bonds. The van der Waals surface area contributed by atoms with Crippen molar-refractivity contribution in [2.24, 2.45) is 12.0 Å². The van der Waals surface area contributed by atoms with Crippen molar-refractivity contribution in [1.82, 2.24) is 14.7 Å². The van der Waals surface area contributed by atoms with E-state index in [0.717, 1.165) is 0 Å². The second kappa shape index (κ2) is 6.57. The number of carbonyl (C=O) groups excluding carboxylic acids is 1. The Bertz CT molecular complexity index is 660. The second-order valence-electron chi connectivity index (χ2n) is 4.67. The Labute approximate surface area is 136 Å². The first-order valence-corrected chi connectivity index (χ1v) is 7.23. The van der Waals surface area contributed by atoms with E-state index in [-0.39, 0.29) is 22.0 Å². The molecule has 0 spiro atoms. The molecule has 2 heterocycles. The van der Waals surface area contributed by atoms with E-state index < -0.39 is 12.9 Å². The number of halogens is 1. The molecule has 0 bridgehead atoms. The fourth-order valence-electron chi connectivity index (χ4n) is 2.20. The van der Waals surface area contributed by atoms with Crippen LogP contribution in [0.25, 0.3) is 0 Å². The SMILES string of the molecule is [2H]C([2H])([2H])n1nc(Br)c(N=C(C)N2CCOC[C@H]2C)c1C(=O)OC. The molecule has 1 atom stereocenters. The number of hydrogen-bond acceptors (Lipinski definition) is 5. The number of amidine groups is 1. The number of aliphatic imine (C=N–C) groups is 1. The van der Waals surface area contributed by atoms with Crippen molar-refractivity contribution in [2.75, 3.05) is 26.9 Å². The van der Waals surface area contributed by atoms with Crippen LogP contribution in [-0.4, -0.2) is 59.4 Å². The molecule has 116 valence electrons. The summed E-state index contributed by atoms with van der Waals surface area (Å²) >= 11 is 3.19. The van der Waals surface area contributed by atoms with Crippen LogP contribution in [0.4, 0.5) is 5.69 Å². The van der Waals surface area contributed by atoms with Crippen LogP contribution in [0.3, 0.4) is 0 Å². The van der Waals surface area contributed by atoms with Crippen LogP contribution in [0.5, 0.6) is 0 Å². The van der Waals surface area contributed by atoms with Crippen LogP contribution in [-0.2, 0) is 16.4 Å². The first-order valence-electron chi connectivity index (χ1n) is 7.93. The van der Waals surface area contributed by atoms with Gasteiger partial charge >= 0.3 is 5.97 Å². The van der Waals surface area contributed by atoms with Gasteiger partial charge in [0.2, 0.25) is 0 Å². The molecule has 1 aliphatic rings. The lowest BCUT2D eigenvalue weighted by Crippen LogP contribution is -2.46. The van der Waals surface area contributed by atoms with Crippen molar-refractivity contribution in [3.8, 4) is 0 Å². The number of esters is 1. The van der Waals surface area contributed by atoms with Gasteiger partial charge in [-0.15, -0.1) is 0 Å². The molecular formula is C13H19BrN4O3. The monoisotopic (exact) mass is 361 g/mol. The van der Waals surface area contributed by atoms with Crippen LogP contribution >= 0.6 is 15.9 Å². The van der Waals surface area contributed by atoms with Gasteiger partial charge in [-0.25, -0.2) is 9.79 Å². The zero-order chi connectivity index (χ0) is 18.1. The third-order valence-corrected chi connectivity index (χ3v) is 3.79. The van der Waals surface area contributed by atoms with Gasteiger partial charge in [0, 0.05) is 17.6 Å². The first kappa shape index (κ1) is 12.2. The van der Waals surface area contributed by atoms with E-state index in [9.17, 15) is 4.79 Å². The Balaban J connectivity index is 2.51. The molecule has 0 radical (unpaired) electrons. The zero-order valence-corrected chi connectivity index (χ0v) is 13.7. The van der Waals surface area contributed by atoms with E-state index in [1.54, 1.807) is 6.92 Å². The highest BCUT2D eigenvalue weighted by Crippen LogP contribution is 2.29. The Morgan fingerprint density at radius 1 is 1.67 bits per heavy atom. The number of carbonyl (C=O) groups is 1. The summed E-state index contributed by atoms with van der Waals surface area (Å²) < 4.78 is 33.5. The molecule has 8 heteroatoms. The van der Waals surface area contributed by atoms with Gasteiger partial charge in [0.05, 0.1) is 26.4 Å². The van der Waals surface area contributed by atoms with Gasteiger partial charge in [-0.3, -0.25) is 4.68 Å². The minimum atomic E-state index is -2.63. The minimum absolute atomic E-state index is 0.125. The summed E-state index contributed by atoms with van der Waals surface area (Å²) in [4.78, 5) is 18.6. The minimum Gasteiger partial charge on any atom is -0.464 e. The molecule has 0 saturated carbocycles. The van der Waals surface area contributed by atoms with Crippen molar-refractivity contribution >= 4 is 33.4 Å². The largest absolute Gasteiger partial charge is 0.464 e. The number of morpholine rings is 1. The summed E-state index contributed by atoms with van der Waals surface area (Å²) in [7, 11) is 1.18. The predicted molar refractivity (Wildman–Crippen MR) is 82.0 cm³/mol. The van der Waals surface area contributed by atoms with E-state index >= 15 is 0 Å². The van der Waals surface area contributed by atoms with E-state index in [2.05, 4.69) is 26.0 Å². The van der Waals surface area contributed by atoms with E-state index in [1.807, 2.05) is 11.8 Å². The highest BCUT2D eigenvalue weighted by molar-refractivity contribution is 9.10. The normalized spacial score (nSPS) is 22.5. The van der Waals surface area contributed by atoms with E-state index in [1.165, 1.54) is 7.11 Å². The third-order valence-electron chi connectivity index (χ3n) is 3.25. The molecule has 2 rings (SSSR count). The topological polar surface area (TPSA) is 69.0 Å². The van der Waals surface area contributed by atoms with Gasteiger partial charge in [0.1, 0.15) is 11.5 Å². The number of hydrogen-bond donors (Lipinski definition) is 0. The number of ether oxygens (including phenoxy) is 2. The van der Waals surface area contributed by atoms with Crippen LogP contribution in [0.1, 0.15) is 28.4 Å². The third kappa shape index (κ3) is 3.26. The summed E-state index contributed by atoms with van der Waals surface area (Å²) in [5, 5.41) is 3.89. The first-order chi connectivity index (χ1) is 11.2. The number of nitrogens with zero attached hydrogens (tertiary/aromatic N) is 4. The maximum absolute atomic E-state index is 12.1. The molecule has 0 unspecified atom stereocenters. The molecule has 1 aromatic heterocycles. The maximum Gasteiger partial charge on any atom is 0.358 e. The fourth-order valence-corrected chi connectivity index (χ4v) is 2.63. The Hall–Kier alpha value is -1.41. The lowest BCUT2D eigenvalue weighted by Gasteiger charge is -2.34. The smallest absolute Gasteiger partial charge is 0.358 e. The molecule has 1 saturated heterocycles. The molecular weight excluding hydrogens is 340 g/mol. The summed E-state index contributed by atoms with van der Waals surface area (Å²) in [6.45, 7) is 2.99. The Morgan fingerprint density at radius 2 is 2.43 bits per heavy atom. The van der Waals surface area contributed by atoms with Gasteiger partial charge in [0.25, 0.3) is 0 Å². The van der Waals surface area contributed by atoms with Crippen LogP contribution in [0.2, 0.25) is 0 Å². The number of rotatable bonds is 2. The van der Waals surface area contributed by atoms with Gasteiger partial charge in [-0.05, 0) is 29.8 Å². The van der Waals surface area contributed by atoms with E-state index in [0.29, 0.717) is 30.3 Å². The van der Waals surface area contributed by atoms with Gasteiger partial charge in [-0.2, -0.15) is 5.10 Å². The quantitative estimate of drug-likeness (QED) is 0.455. The van der Waals surface area contributed by atoms with Gasteiger partial charge in [0.15, 0.2) is 10.3 Å². The second-order valence-corrected chi connectivity index (χ2v) is 5.42. The maximum atomic E-state index is 12.1. The van der Waals surface area contributed by atoms with Crippen molar-refractivity contribution < 1.29 is 18.4 Å². The molecule has 7 nitrogen and oxygen atoms in total. The van der Waals surface area contributed by atoms with Crippen molar-refractivity contribution in [2.45, 2.75) is 19.9 Å². The molecule has 21 heavy (non-hydrogen) atoms. The Morgan fingerprint density at radius 3 is 3.05 bits per heavy atom. The number of aromatic nitrogens is 2. The summed E-state index contributed by atoms with van der Waals surface area (Å²) in [5.74, 6) is -0.173. The highest BCUT2D eigenvalue weighted by Gasteiger charge is 2.24. The number of aryl methyl sites for hydroxylation is 1. The van der Waals surface area contributed by atoms with Crippen molar-refractivity contribution in [1.29, 1.82) is 0 Å².